The van der Waals surface area contributed by atoms with Crippen molar-refractivity contribution in [3.63, 3.8) is 0 Å². The molecule has 0 N–H and O–H groups in total. The molecule has 0 aliphatic rings. The number of halogens is 2. The lowest BCUT2D eigenvalue weighted by atomic mass is 10.2. The van der Waals surface area contributed by atoms with E-state index in [1.165, 1.54) is 17.3 Å². The fourth-order valence-electron chi connectivity index (χ4n) is 2.21. The molecule has 0 amide bonds. The van der Waals surface area contributed by atoms with E-state index in [0.29, 0.717) is 33.7 Å². The van der Waals surface area contributed by atoms with E-state index < -0.39 is 0 Å². The zero-order valence-electron chi connectivity index (χ0n) is 14.4. The number of benzene rings is 2. The van der Waals surface area contributed by atoms with Crippen molar-refractivity contribution >= 4 is 29.4 Å². The van der Waals surface area contributed by atoms with Crippen LogP contribution in [-0.4, -0.2) is 41.4 Å². The molecular formula is C18H16Cl2N4O3. The molecule has 0 radical (unpaired) electrons. The van der Waals surface area contributed by atoms with Crippen molar-refractivity contribution in [2.75, 3.05) is 20.3 Å². The first-order valence-electron chi connectivity index (χ1n) is 7.93. The molecule has 0 unspecified atom stereocenters. The van der Waals surface area contributed by atoms with Gasteiger partial charge in [0.05, 0.1) is 18.3 Å². The zero-order valence-corrected chi connectivity index (χ0v) is 15.9. The Bertz CT molecular complexity index is 917. The lowest BCUT2D eigenvalue weighted by Gasteiger charge is -2.12. The van der Waals surface area contributed by atoms with Crippen molar-refractivity contribution in [3.05, 3.63) is 64.7 Å². The van der Waals surface area contributed by atoms with Gasteiger partial charge in [-0.2, -0.15) is 5.10 Å². The van der Waals surface area contributed by atoms with Gasteiger partial charge in [0.2, 0.25) is 0 Å². The van der Waals surface area contributed by atoms with Gasteiger partial charge >= 0.3 is 0 Å². The molecule has 140 valence electrons. The van der Waals surface area contributed by atoms with Crippen LogP contribution in [0.25, 0.3) is 0 Å². The second-order valence-electron chi connectivity index (χ2n) is 5.27. The molecule has 3 aromatic rings. The van der Waals surface area contributed by atoms with Crippen molar-refractivity contribution in [1.82, 2.24) is 14.9 Å². The fourth-order valence-corrected chi connectivity index (χ4v) is 2.77. The highest BCUT2D eigenvalue weighted by Crippen LogP contribution is 2.31. The van der Waals surface area contributed by atoms with Gasteiger partial charge in [-0.1, -0.05) is 29.3 Å². The van der Waals surface area contributed by atoms with Crippen molar-refractivity contribution in [2.45, 2.75) is 0 Å². The molecule has 2 aromatic carbocycles. The van der Waals surface area contributed by atoms with Crippen LogP contribution in [0.3, 0.4) is 0 Å². The van der Waals surface area contributed by atoms with Crippen LogP contribution in [0.15, 0.2) is 54.2 Å². The lowest BCUT2D eigenvalue weighted by molar-refractivity contribution is 0.216. The molecule has 0 aliphatic heterocycles. The van der Waals surface area contributed by atoms with Crippen molar-refractivity contribution in [3.8, 4) is 17.2 Å². The molecule has 0 aliphatic carbocycles. The molecule has 0 atom stereocenters. The van der Waals surface area contributed by atoms with Crippen LogP contribution in [-0.2, 0) is 0 Å². The monoisotopic (exact) mass is 406 g/mol. The average molecular weight is 407 g/mol. The summed E-state index contributed by atoms with van der Waals surface area (Å²) in [6, 6.07) is 10.7. The molecule has 0 bridgehead atoms. The van der Waals surface area contributed by atoms with Crippen LogP contribution in [0.2, 0.25) is 10.0 Å². The van der Waals surface area contributed by atoms with E-state index in [1.807, 2.05) is 18.2 Å². The maximum Gasteiger partial charge on any atom is 0.147 e. The highest BCUT2D eigenvalue weighted by Gasteiger charge is 2.10. The molecule has 1 aromatic heterocycles. The third kappa shape index (κ3) is 5.35. The Morgan fingerprint density at radius 3 is 2.56 bits per heavy atom. The molecule has 1 heterocycles. The summed E-state index contributed by atoms with van der Waals surface area (Å²) in [4.78, 5) is 0. The number of rotatable bonds is 8. The van der Waals surface area contributed by atoms with E-state index in [2.05, 4.69) is 15.3 Å². The Hall–Kier alpha value is -2.77. The van der Waals surface area contributed by atoms with Gasteiger partial charge < -0.3 is 14.2 Å². The number of ether oxygens (including phenoxy) is 3. The van der Waals surface area contributed by atoms with Gasteiger partial charge in [0, 0.05) is 16.7 Å². The summed E-state index contributed by atoms with van der Waals surface area (Å²) in [5.41, 5.74) is 0.627. The van der Waals surface area contributed by atoms with E-state index in [4.69, 9.17) is 37.4 Å². The van der Waals surface area contributed by atoms with Gasteiger partial charge in [0.25, 0.3) is 0 Å². The topological polar surface area (TPSA) is 70.8 Å². The van der Waals surface area contributed by atoms with Gasteiger partial charge in [-0.25, -0.2) is 4.68 Å². The van der Waals surface area contributed by atoms with Crippen LogP contribution in [0.1, 0.15) is 5.56 Å². The Morgan fingerprint density at radius 1 is 1.04 bits per heavy atom. The summed E-state index contributed by atoms with van der Waals surface area (Å²) in [5.74, 6) is 1.88. The van der Waals surface area contributed by atoms with Crippen LogP contribution < -0.4 is 14.2 Å². The molecular weight excluding hydrogens is 391 g/mol. The summed E-state index contributed by atoms with van der Waals surface area (Å²) < 4.78 is 18.1. The number of hydrogen-bond donors (Lipinski definition) is 0. The number of hydrogen-bond acceptors (Lipinski definition) is 6. The minimum Gasteiger partial charge on any atom is -0.497 e. The first kappa shape index (κ1) is 19.0. The third-order valence-corrected chi connectivity index (χ3v) is 3.91. The average Bonchev–Trinajstić information content (AvgIpc) is 3.18. The van der Waals surface area contributed by atoms with Crippen LogP contribution in [0, 0.1) is 0 Å². The fraction of sp³-hybridized carbons (Fsp3) is 0.167. The second-order valence-corrected chi connectivity index (χ2v) is 6.11. The van der Waals surface area contributed by atoms with Crippen LogP contribution in [0.4, 0.5) is 0 Å². The van der Waals surface area contributed by atoms with Gasteiger partial charge in [-0.15, -0.1) is 10.2 Å². The quantitative estimate of drug-likeness (QED) is 0.418. The largest absolute Gasteiger partial charge is 0.497 e. The number of aromatic nitrogens is 3. The molecule has 0 fully saturated rings. The van der Waals surface area contributed by atoms with Gasteiger partial charge in [-0.3, -0.25) is 0 Å². The zero-order chi connectivity index (χ0) is 19.1. The van der Waals surface area contributed by atoms with Crippen molar-refractivity contribution < 1.29 is 14.2 Å². The summed E-state index contributed by atoms with van der Waals surface area (Å²) >= 11 is 12.4. The summed E-state index contributed by atoms with van der Waals surface area (Å²) in [6.45, 7) is 0.611. The number of nitrogens with zero attached hydrogens (tertiary/aromatic N) is 4. The Labute approximate surface area is 166 Å². The molecule has 3 rings (SSSR count). The maximum absolute atomic E-state index is 6.27. The smallest absolute Gasteiger partial charge is 0.147 e. The van der Waals surface area contributed by atoms with Gasteiger partial charge in [0.15, 0.2) is 0 Å². The van der Waals surface area contributed by atoms with E-state index in [0.717, 1.165) is 5.75 Å². The Morgan fingerprint density at radius 2 is 1.78 bits per heavy atom. The Balaban J connectivity index is 1.65. The first-order valence-corrected chi connectivity index (χ1v) is 8.69. The highest BCUT2D eigenvalue weighted by molar-refractivity contribution is 6.36. The first-order chi connectivity index (χ1) is 13.2. The molecule has 0 saturated carbocycles. The minimum atomic E-state index is 0.284. The molecule has 0 saturated heterocycles. The Kier molecular flexibility index (Phi) is 6.51. The predicted molar refractivity (Wildman–Crippen MR) is 103 cm³/mol. The van der Waals surface area contributed by atoms with E-state index in [1.54, 1.807) is 31.5 Å². The van der Waals surface area contributed by atoms with Gasteiger partial charge in [-0.05, 0) is 24.3 Å². The molecule has 9 heteroatoms. The molecule has 7 nitrogen and oxygen atoms in total. The van der Waals surface area contributed by atoms with Crippen molar-refractivity contribution in [2.24, 2.45) is 5.10 Å². The highest BCUT2D eigenvalue weighted by atomic mass is 35.5. The summed E-state index contributed by atoms with van der Waals surface area (Å²) in [7, 11) is 1.60. The van der Waals surface area contributed by atoms with Gasteiger partial charge in [0.1, 0.15) is 43.1 Å². The van der Waals surface area contributed by atoms with E-state index >= 15 is 0 Å². The van der Waals surface area contributed by atoms with Crippen LogP contribution in [0.5, 0.6) is 17.2 Å². The maximum atomic E-state index is 6.27. The molecule has 0 spiro atoms. The van der Waals surface area contributed by atoms with E-state index in [-0.39, 0.29) is 6.61 Å². The van der Waals surface area contributed by atoms with Crippen LogP contribution >= 0.6 is 23.2 Å². The minimum absolute atomic E-state index is 0.284. The standard InChI is InChI=1S/C18H16Cl2N4O3/c1-25-15-3-2-4-16(9-15)26-5-6-27-18-13(7-14(19)8-17(18)20)10-23-24-11-21-22-12-24/h2-4,7-12H,5-6H2,1H3/b23-10-. The van der Waals surface area contributed by atoms with E-state index in [9.17, 15) is 0 Å². The summed E-state index contributed by atoms with van der Waals surface area (Å²) in [5, 5.41) is 12.4. The predicted octanol–water partition coefficient (Wildman–Crippen LogP) is 3.93. The SMILES string of the molecule is COc1cccc(OCCOc2c(Cl)cc(Cl)cc2/C=N\n2cnnc2)c1. The molecule has 27 heavy (non-hydrogen) atoms. The van der Waals surface area contributed by atoms with Crippen molar-refractivity contribution in [1.29, 1.82) is 0 Å². The number of methoxy groups -OCH3 is 1. The second kappa shape index (κ2) is 9.25. The summed E-state index contributed by atoms with van der Waals surface area (Å²) in [6.07, 6.45) is 4.50. The third-order valence-electron chi connectivity index (χ3n) is 3.41. The normalized spacial score (nSPS) is 10.9. The lowest BCUT2D eigenvalue weighted by Crippen LogP contribution is -2.10.